The molecule has 2 N–H and O–H groups in total. The number of urea groups is 1. The molecule has 0 spiro atoms. The molecule has 0 saturated carbocycles. The lowest BCUT2D eigenvalue weighted by Crippen LogP contribution is -2.31. The Bertz CT molecular complexity index is 758. The minimum Gasteiger partial charge on any atom is -0.351 e. The molecule has 0 atom stereocenters. The summed E-state index contributed by atoms with van der Waals surface area (Å²) in [4.78, 5) is 13.1. The van der Waals surface area contributed by atoms with E-state index in [1.807, 2.05) is 18.2 Å². The maximum absolute atomic E-state index is 11.7. The number of hydrogen-bond donors (Lipinski definition) is 1. The quantitative estimate of drug-likeness (QED) is 0.822. The van der Waals surface area contributed by atoms with Crippen molar-refractivity contribution >= 4 is 27.5 Å². The number of nitrogens with zero attached hydrogens (tertiary/aromatic N) is 1. The van der Waals surface area contributed by atoms with E-state index in [0.717, 1.165) is 11.8 Å². The number of hydrogen-bond acceptors (Lipinski definition) is 4. The highest BCUT2D eigenvalue weighted by Crippen LogP contribution is 2.25. The third-order valence-corrected chi connectivity index (χ3v) is 3.71. The summed E-state index contributed by atoms with van der Waals surface area (Å²) in [6.07, 6.45) is 1.47. The summed E-state index contributed by atoms with van der Waals surface area (Å²) < 4.78 is 26.5. The van der Waals surface area contributed by atoms with Crippen LogP contribution in [0.2, 0.25) is 0 Å². The van der Waals surface area contributed by atoms with Gasteiger partial charge in [0.1, 0.15) is 0 Å². The van der Waals surface area contributed by atoms with E-state index in [9.17, 15) is 13.2 Å². The van der Waals surface area contributed by atoms with E-state index in [1.165, 1.54) is 4.90 Å². The summed E-state index contributed by atoms with van der Waals surface area (Å²) in [5, 5.41) is 0. The first-order valence-electron chi connectivity index (χ1n) is 6.95. The molecule has 2 amide bonds. The Morgan fingerprint density at radius 1 is 1.04 bits per heavy atom. The molecule has 0 bridgehead atoms. The van der Waals surface area contributed by atoms with Crippen LogP contribution in [0.5, 0.6) is 0 Å². The molecule has 2 aromatic carbocycles. The highest BCUT2D eigenvalue weighted by atomic mass is 32.2. The number of carbonyl (C=O) groups is 1. The molecule has 0 saturated heterocycles. The second-order valence-corrected chi connectivity index (χ2v) is 6.60. The predicted molar refractivity (Wildman–Crippen MR) is 89.1 cm³/mol. The van der Waals surface area contributed by atoms with Gasteiger partial charge in [0.2, 0.25) is 0 Å². The normalized spacial score (nSPS) is 11.2. The highest BCUT2D eigenvalue weighted by molar-refractivity contribution is 7.85. The van der Waals surface area contributed by atoms with Crippen LogP contribution < -0.4 is 10.6 Å². The van der Waals surface area contributed by atoms with Gasteiger partial charge in [0.25, 0.3) is 10.1 Å². The third-order valence-electron chi connectivity index (χ3n) is 3.12. The average molecular weight is 334 g/mol. The molecule has 0 aliphatic carbocycles. The van der Waals surface area contributed by atoms with Crippen LogP contribution in [0, 0.1) is 0 Å². The molecule has 2 aromatic rings. The van der Waals surface area contributed by atoms with Crippen molar-refractivity contribution < 1.29 is 17.4 Å². The highest BCUT2D eigenvalue weighted by Gasteiger charge is 2.14. The van der Waals surface area contributed by atoms with Crippen LogP contribution in [0.25, 0.3) is 0 Å². The van der Waals surface area contributed by atoms with Crippen LogP contribution >= 0.6 is 0 Å². The van der Waals surface area contributed by atoms with E-state index in [0.29, 0.717) is 17.8 Å². The van der Waals surface area contributed by atoms with Crippen molar-refractivity contribution in [3.8, 4) is 0 Å². The summed E-state index contributed by atoms with van der Waals surface area (Å²) in [6.45, 7) is 0.0798. The molecule has 0 fully saturated rings. The zero-order valence-corrected chi connectivity index (χ0v) is 13.5. The van der Waals surface area contributed by atoms with Crippen molar-refractivity contribution in [3.05, 3.63) is 60.2 Å². The Morgan fingerprint density at radius 3 is 2.13 bits per heavy atom. The first kappa shape index (κ1) is 17.0. The second-order valence-electron chi connectivity index (χ2n) is 4.95. The smallest absolute Gasteiger partial charge is 0.323 e. The Hall–Kier alpha value is -2.38. The van der Waals surface area contributed by atoms with Crippen LogP contribution in [-0.4, -0.2) is 27.3 Å². The van der Waals surface area contributed by atoms with Gasteiger partial charge in [-0.1, -0.05) is 30.3 Å². The van der Waals surface area contributed by atoms with E-state index in [4.69, 9.17) is 9.92 Å². The van der Waals surface area contributed by atoms with E-state index in [2.05, 4.69) is 0 Å². The summed E-state index contributed by atoms with van der Waals surface area (Å²) in [5.41, 5.74) is 7.68. The molecular weight excluding hydrogens is 316 g/mol. The van der Waals surface area contributed by atoms with Crippen molar-refractivity contribution in [2.45, 2.75) is 6.42 Å². The maximum Gasteiger partial charge on any atom is 0.323 e. The summed E-state index contributed by atoms with van der Waals surface area (Å²) in [6, 6.07) is 15.6. The first-order chi connectivity index (χ1) is 10.9. The van der Waals surface area contributed by atoms with Gasteiger partial charge >= 0.3 is 6.03 Å². The fourth-order valence-electron chi connectivity index (χ4n) is 2.10. The van der Waals surface area contributed by atoms with Crippen LogP contribution in [0.4, 0.5) is 16.2 Å². The van der Waals surface area contributed by atoms with Crippen molar-refractivity contribution in [3.63, 3.8) is 0 Å². The number of benzene rings is 2. The van der Waals surface area contributed by atoms with Gasteiger partial charge in [-0.2, -0.15) is 8.42 Å². The Kier molecular flexibility index (Phi) is 5.36. The van der Waals surface area contributed by atoms with Crippen molar-refractivity contribution in [2.75, 3.05) is 17.8 Å². The first-order valence-corrected chi connectivity index (χ1v) is 8.76. The summed E-state index contributed by atoms with van der Waals surface area (Å²) in [5.74, 6) is 0. The lowest BCUT2D eigenvalue weighted by molar-refractivity contribution is 0.256. The molecule has 0 aliphatic heterocycles. The molecule has 2 rings (SSSR count). The monoisotopic (exact) mass is 334 g/mol. The van der Waals surface area contributed by atoms with Gasteiger partial charge in [-0.25, -0.2) is 4.79 Å². The largest absolute Gasteiger partial charge is 0.351 e. The molecule has 0 radical (unpaired) electrons. The average Bonchev–Trinajstić information content (AvgIpc) is 2.48. The number of primary amides is 1. The summed E-state index contributed by atoms with van der Waals surface area (Å²) >= 11 is 0. The van der Waals surface area contributed by atoms with E-state index in [1.54, 1.807) is 36.4 Å². The lowest BCUT2D eigenvalue weighted by atomic mass is 10.1. The number of anilines is 2. The number of rotatable bonds is 6. The SMILES string of the molecule is CS(=O)(=O)OCCc1ccc(N(C(N)=O)c2ccccc2)cc1. The molecule has 0 unspecified atom stereocenters. The molecule has 0 aromatic heterocycles. The number of carbonyl (C=O) groups excluding carboxylic acids is 1. The van der Waals surface area contributed by atoms with Crippen LogP contribution in [-0.2, 0) is 20.7 Å². The molecule has 7 heteroatoms. The van der Waals surface area contributed by atoms with Gasteiger partial charge in [-0.15, -0.1) is 0 Å². The van der Waals surface area contributed by atoms with Gasteiger partial charge < -0.3 is 5.73 Å². The molecule has 0 heterocycles. The molecular formula is C16H18N2O4S. The molecule has 23 heavy (non-hydrogen) atoms. The van der Waals surface area contributed by atoms with Crippen molar-refractivity contribution in [1.82, 2.24) is 0 Å². The van der Waals surface area contributed by atoms with Gasteiger partial charge in [0.15, 0.2) is 0 Å². The van der Waals surface area contributed by atoms with Crippen molar-refractivity contribution in [2.24, 2.45) is 5.73 Å². The number of nitrogens with two attached hydrogens (primary N) is 1. The minimum atomic E-state index is -3.43. The Labute approximate surface area is 135 Å². The maximum atomic E-state index is 11.7. The number of amides is 2. The Morgan fingerprint density at radius 2 is 1.61 bits per heavy atom. The second kappa shape index (κ2) is 7.26. The minimum absolute atomic E-state index is 0.0798. The summed E-state index contributed by atoms with van der Waals surface area (Å²) in [7, 11) is -3.43. The fourth-order valence-corrected chi connectivity index (χ4v) is 2.49. The van der Waals surface area contributed by atoms with Gasteiger partial charge in [0.05, 0.1) is 24.2 Å². The topological polar surface area (TPSA) is 89.7 Å². The van der Waals surface area contributed by atoms with Gasteiger partial charge in [-0.3, -0.25) is 9.08 Å². The van der Waals surface area contributed by atoms with Crippen LogP contribution in [0.1, 0.15) is 5.56 Å². The molecule has 0 aliphatic rings. The molecule has 122 valence electrons. The van der Waals surface area contributed by atoms with Crippen molar-refractivity contribution in [1.29, 1.82) is 0 Å². The van der Waals surface area contributed by atoms with E-state index in [-0.39, 0.29) is 6.61 Å². The predicted octanol–water partition coefficient (Wildman–Crippen LogP) is 2.42. The third kappa shape index (κ3) is 5.08. The van der Waals surface area contributed by atoms with E-state index < -0.39 is 16.1 Å². The molecule has 6 nitrogen and oxygen atoms in total. The van der Waals surface area contributed by atoms with Gasteiger partial charge in [-0.05, 0) is 36.2 Å². The van der Waals surface area contributed by atoms with Crippen LogP contribution in [0.3, 0.4) is 0 Å². The number of para-hydroxylation sites is 1. The van der Waals surface area contributed by atoms with Gasteiger partial charge in [0, 0.05) is 0 Å². The lowest BCUT2D eigenvalue weighted by Gasteiger charge is -2.20. The van der Waals surface area contributed by atoms with E-state index >= 15 is 0 Å². The zero-order valence-electron chi connectivity index (χ0n) is 12.7. The standard InChI is InChI=1S/C16H18N2O4S/c1-23(20,21)22-12-11-13-7-9-15(10-8-13)18(16(17)19)14-5-3-2-4-6-14/h2-10H,11-12H2,1H3,(H2,17,19). The zero-order chi connectivity index (χ0) is 16.9. The van der Waals surface area contributed by atoms with Crippen LogP contribution in [0.15, 0.2) is 54.6 Å². The Balaban J connectivity index is 2.12. The fraction of sp³-hybridized carbons (Fsp3) is 0.188.